The highest BCUT2D eigenvalue weighted by Crippen LogP contribution is 2.40. The number of benzene rings is 1. The normalized spacial score (nSPS) is 19.9. The topological polar surface area (TPSA) is 71.0 Å². The summed E-state index contributed by atoms with van der Waals surface area (Å²) in [5, 5.41) is 0.732. The van der Waals surface area contributed by atoms with Crippen LogP contribution in [0.15, 0.2) is 10.5 Å². The van der Waals surface area contributed by atoms with E-state index in [2.05, 4.69) is 25.8 Å². The Hall–Kier alpha value is -1.91. The summed E-state index contributed by atoms with van der Waals surface area (Å²) < 4.78 is 27.1. The van der Waals surface area contributed by atoms with Gasteiger partial charge in [-0.25, -0.2) is 9.18 Å². The van der Waals surface area contributed by atoms with Crippen molar-refractivity contribution in [2.45, 2.75) is 63.6 Å². The molecule has 36 heavy (non-hydrogen) atoms. The van der Waals surface area contributed by atoms with Crippen LogP contribution in [-0.4, -0.2) is 82.9 Å². The number of aromatic nitrogens is 2. The van der Waals surface area contributed by atoms with Gasteiger partial charge in [0.15, 0.2) is 5.82 Å². The van der Waals surface area contributed by atoms with Crippen LogP contribution in [-0.2, 0) is 4.74 Å². The van der Waals surface area contributed by atoms with Crippen molar-refractivity contribution in [1.82, 2.24) is 19.8 Å². The van der Waals surface area contributed by atoms with Crippen LogP contribution < -0.4 is 9.64 Å². The number of amides is 1. The van der Waals surface area contributed by atoms with E-state index in [4.69, 9.17) is 26.1 Å². The van der Waals surface area contributed by atoms with Crippen molar-refractivity contribution in [3.63, 3.8) is 0 Å². The van der Waals surface area contributed by atoms with E-state index in [0.717, 1.165) is 38.8 Å². The molecule has 3 saturated heterocycles. The molecule has 0 unspecified atom stereocenters. The van der Waals surface area contributed by atoms with Gasteiger partial charge in [-0.05, 0) is 81.5 Å². The lowest BCUT2D eigenvalue weighted by atomic mass is 9.95. The van der Waals surface area contributed by atoms with Crippen molar-refractivity contribution in [2.24, 2.45) is 0 Å². The first-order chi connectivity index (χ1) is 17.0. The minimum atomic E-state index is -0.557. The van der Waals surface area contributed by atoms with Crippen LogP contribution in [0.4, 0.5) is 15.0 Å². The molecule has 1 amide bonds. The monoisotopic (exact) mass is 583 g/mol. The fourth-order valence-corrected chi connectivity index (χ4v) is 5.97. The van der Waals surface area contributed by atoms with Gasteiger partial charge in [0, 0.05) is 25.5 Å². The molecule has 5 rings (SSSR count). The maximum absolute atomic E-state index is 15.3. The Kier molecular flexibility index (Phi) is 6.74. The summed E-state index contributed by atoms with van der Waals surface area (Å²) in [5.41, 5.74) is -0.391. The Bertz CT molecular complexity index is 1180. The van der Waals surface area contributed by atoms with E-state index in [1.54, 1.807) is 11.0 Å². The molecule has 2 aromatic rings. The lowest BCUT2D eigenvalue weighted by Crippen LogP contribution is -2.61. The first-order valence-electron chi connectivity index (χ1n) is 12.4. The molecule has 4 heterocycles. The maximum Gasteiger partial charge on any atom is 0.410 e. The first-order valence-corrected chi connectivity index (χ1v) is 13.6. The van der Waals surface area contributed by atoms with Gasteiger partial charge in [0.2, 0.25) is 0 Å². The SMILES string of the molecule is CN(c1nc(OCC23CCCN2CCC3)nc2c(F)c(Br)c(Cl)cc12)C1CN(C(=O)OC(C)(C)C)C1. The molecule has 3 aliphatic heterocycles. The van der Waals surface area contributed by atoms with Gasteiger partial charge in [-0.15, -0.1) is 0 Å². The lowest BCUT2D eigenvalue weighted by Gasteiger charge is -2.44. The van der Waals surface area contributed by atoms with Crippen LogP contribution in [0.2, 0.25) is 5.02 Å². The third-order valence-electron chi connectivity index (χ3n) is 7.46. The third kappa shape index (κ3) is 4.72. The van der Waals surface area contributed by atoms with Gasteiger partial charge in [0.1, 0.15) is 23.5 Å². The summed E-state index contributed by atoms with van der Waals surface area (Å²) in [6.45, 7) is 9.13. The summed E-state index contributed by atoms with van der Waals surface area (Å²) in [4.78, 5) is 27.7. The molecule has 1 aromatic carbocycles. The molecule has 3 fully saturated rings. The zero-order chi connectivity index (χ0) is 25.8. The van der Waals surface area contributed by atoms with Crippen LogP contribution in [0, 0.1) is 5.82 Å². The summed E-state index contributed by atoms with van der Waals surface area (Å²) in [5.74, 6) is -0.0331. The molecular formula is C25H32BrClFN5O3. The summed E-state index contributed by atoms with van der Waals surface area (Å²) in [6.07, 6.45) is 4.15. The largest absolute Gasteiger partial charge is 0.461 e. The average Bonchev–Trinajstić information content (AvgIpc) is 3.34. The Morgan fingerprint density at radius 1 is 1.28 bits per heavy atom. The number of carbonyl (C=O) groups is 1. The molecule has 0 atom stereocenters. The van der Waals surface area contributed by atoms with E-state index in [-0.39, 0.29) is 38.7 Å². The van der Waals surface area contributed by atoms with Crippen molar-refractivity contribution in [1.29, 1.82) is 0 Å². The maximum atomic E-state index is 15.3. The number of likely N-dealkylation sites (tertiary alicyclic amines) is 1. The van der Waals surface area contributed by atoms with Crippen molar-refractivity contribution in [3.05, 3.63) is 21.4 Å². The van der Waals surface area contributed by atoms with Crippen molar-refractivity contribution >= 4 is 50.3 Å². The zero-order valence-electron chi connectivity index (χ0n) is 21.1. The molecule has 0 N–H and O–H groups in total. The number of hydrogen-bond donors (Lipinski definition) is 0. The second-order valence-corrected chi connectivity index (χ2v) is 12.3. The van der Waals surface area contributed by atoms with Gasteiger partial charge in [-0.1, -0.05) is 11.6 Å². The Morgan fingerprint density at radius 2 is 1.94 bits per heavy atom. The standard InChI is InChI=1S/C25H32BrClFN5O3/c1-24(2,3)36-23(34)32-12-15(13-32)31(4)21-16-11-17(27)18(26)19(28)20(16)29-22(30-21)35-14-25-7-5-9-33(25)10-6-8-25/h11,15H,5-10,12-14H2,1-4H3. The molecule has 0 aliphatic carbocycles. The predicted molar refractivity (Wildman–Crippen MR) is 140 cm³/mol. The minimum Gasteiger partial charge on any atom is -0.461 e. The quantitative estimate of drug-likeness (QED) is 0.445. The number of likely N-dealkylation sites (N-methyl/N-ethyl adjacent to an activating group) is 1. The first kappa shape index (κ1) is 25.7. The van der Waals surface area contributed by atoms with Crippen molar-refractivity contribution < 1.29 is 18.7 Å². The van der Waals surface area contributed by atoms with E-state index in [1.165, 1.54) is 0 Å². The van der Waals surface area contributed by atoms with Gasteiger partial charge in [-0.3, -0.25) is 4.90 Å². The molecule has 196 valence electrons. The molecule has 0 saturated carbocycles. The second kappa shape index (κ2) is 9.44. The number of rotatable bonds is 5. The van der Waals surface area contributed by atoms with E-state index in [1.807, 2.05) is 32.7 Å². The Labute approximate surface area is 224 Å². The third-order valence-corrected chi connectivity index (χ3v) is 8.76. The number of halogens is 3. The fraction of sp³-hybridized carbons (Fsp3) is 0.640. The lowest BCUT2D eigenvalue weighted by molar-refractivity contribution is 0.00847. The summed E-state index contributed by atoms with van der Waals surface area (Å²) in [7, 11) is 1.88. The second-order valence-electron chi connectivity index (χ2n) is 11.1. The Morgan fingerprint density at radius 3 is 2.58 bits per heavy atom. The van der Waals surface area contributed by atoms with Crippen LogP contribution >= 0.6 is 27.5 Å². The molecular weight excluding hydrogens is 553 g/mol. The van der Waals surface area contributed by atoms with Gasteiger partial charge in [-0.2, -0.15) is 9.97 Å². The van der Waals surface area contributed by atoms with Gasteiger partial charge >= 0.3 is 12.1 Å². The van der Waals surface area contributed by atoms with Crippen LogP contribution in [0.1, 0.15) is 46.5 Å². The van der Waals surface area contributed by atoms with Crippen molar-refractivity contribution in [2.75, 3.05) is 44.7 Å². The van der Waals surface area contributed by atoms with Gasteiger partial charge < -0.3 is 19.3 Å². The highest BCUT2D eigenvalue weighted by Gasteiger charge is 2.45. The summed E-state index contributed by atoms with van der Waals surface area (Å²) in [6, 6.07) is 1.79. The van der Waals surface area contributed by atoms with E-state index >= 15 is 4.39 Å². The number of ether oxygens (including phenoxy) is 2. The highest BCUT2D eigenvalue weighted by molar-refractivity contribution is 9.10. The number of carbonyl (C=O) groups excluding carboxylic acids is 1. The van der Waals surface area contributed by atoms with Crippen LogP contribution in [0.25, 0.3) is 10.9 Å². The van der Waals surface area contributed by atoms with Crippen LogP contribution in [0.5, 0.6) is 6.01 Å². The zero-order valence-corrected chi connectivity index (χ0v) is 23.5. The Balaban J connectivity index is 1.41. The van der Waals surface area contributed by atoms with E-state index in [0.29, 0.717) is 30.9 Å². The molecule has 8 nitrogen and oxygen atoms in total. The van der Waals surface area contributed by atoms with E-state index in [9.17, 15) is 4.79 Å². The van der Waals surface area contributed by atoms with E-state index < -0.39 is 11.4 Å². The smallest absolute Gasteiger partial charge is 0.410 e. The molecule has 11 heteroatoms. The number of hydrogen-bond acceptors (Lipinski definition) is 7. The van der Waals surface area contributed by atoms with Gasteiger partial charge in [0.05, 0.1) is 21.1 Å². The summed E-state index contributed by atoms with van der Waals surface area (Å²) >= 11 is 9.53. The predicted octanol–water partition coefficient (Wildman–Crippen LogP) is 5.25. The average molecular weight is 585 g/mol. The minimum absolute atomic E-state index is 0.0192. The van der Waals surface area contributed by atoms with Crippen molar-refractivity contribution in [3.8, 4) is 6.01 Å². The molecule has 3 aliphatic rings. The van der Waals surface area contributed by atoms with Crippen LogP contribution in [0.3, 0.4) is 0 Å². The fourth-order valence-electron chi connectivity index (χ4n) is 5.48. The molecule has 0 bridgehead atoms. The highest BCUT2D eigenvalue weighted by atomic mass is 79.9. The number of fused-ring (bicyclic) bond motifs is 2. The molecule has 0 radical (unpaired) electrons. The van der Waals surface area contributed by atoms with Gasteiger partial charge in [0.25, 0.3) is 0 Å². The molecule has 1 aromatic heterocycles. The molecule has 0 spiro atoms. The number of anilines is 1. The number of nitrogens with zero attached hydrogens (tertiary/aromatic N) is 5.